The lowest BCUT2D eigenvalue weighted by atomic mass is 9.71. The number of ether oxygens (including phenoxy) is 10. The Morgan fingerprint density at radius 3 is 2.37 bits per heavy atom. The Morgan fingerprint density at radius 1 is 0.873 bits per heavy atom. The average Bonchev–Trinajstić information content (AvgIpc) is 3.61. The lowest BCUT2D eigenvalue weighted by molar-refractivity contribution is -0.318. The maximum atomic E-state index is 14.4. The molecule has 18 atom stereocenters. The summed E-state index contributed by atoms with van der Waals surface area (Å²) in [4.78, 5) is 14.4. The highest BCUT2D eigenvalue weighted by Crippen LogP contribution is 2.48. The van der Waals surface area contributed by atoms with Crippen molar-refractivity contribution in [1.82, 2.24) is 0 Å². The van der Waals surface area contributed by atoms with E-state index in [2.05, 4.69) is 19.9 Å². The van der Waals surface area contributed by atoms with E-state index < -0.39 is 90.8 Å². The molecule has 0 radical (unpaired) electrons. The second-order valence-electron chi connectivity index (χ2n) is 19.4. The molecule has 0 unspecified atom stereocenters. The number of thioether (sulfide) groups is 1. The summed E-state index contributed by atoms with van der Waals surface area (Å²) >= 11 is 1.85. The van der Waals surface area contributed by atoms with Crippen molar-refractivity contribution in [3.63, 3.8) is 0 Å². The maximum absolute atomic E-state index is 14.4. The van der Waals surface area contributed by atoms with E-state index in [1.165, 1.54) is 19.3 Å². The van der Waals surface area contributed by atoms with Crippen molar-refractivity contribution in [2.45, 2.75) is 196 Å². The minimum Gasteiger partial charge on any atom is -0.462 e. The van der Waals surface area contributed by atoms with Crippen molar-refractivity contribution in [1.29, 1.82) is 0 Å². The van der Waals surface area contributed by atoms with Crippen LogP contribution in [0.4, 0.5) is 0 Å². The minimum absolute atomic E-state index is 0.0454. The van der Waals surface area contributed by atoms with Crippen LogP contribution >= 0.6 is 11.8 Å². The first kappa shape index (κ1) is 47.8. The highest BCUT2D eigenvalue weighted by Gasteiger charge is 2.60. The molecule has 6 heterocycles. The summed E-state index contributed by atoms with van der Waals surface area (Å²) in [6, 6.07) is 0. The van der Waals surface area contributed by atoms with Crippen molar-refractivity contribution in [2.75, 3.05) is 32.3 Å². The van der Waals surface area contributed by atoms with Crippen molar-refractivity contribution >= 4 is 17.7 Å². The van der Waals surface area contributed by atoms with Crippen LogP contribution in [-0.2, 0) is 52.2 Å². The van der Waals surface area contributed by atoms with Gasteiger partial charge >= 0.3 is 5.97 Å². The number of allylic oxidation sites excluding steroid dienone is 2. The Hall–Kier alpha value is -1.70. The molecule has 3 N–H and O–H groups in total. The summed E-state index contributed by atoms with van der Waals surface area (Å²) in [6.45, 7) is 9.68. The molecule has 1 saturated carbocycles. The van der Waals surface area contributed by atoms with Gasteiger partial charge in [-0.3, -0.25) is 4.79 Å². The van der Waals surface area contributed by atoms with E-state index >= 15 is 0 Å². The number of hydrogen-bond donors (Lipinski definition) is 3. The van der Waals surface area contributed by atoms with E-state index in [4.69, 9.17) is 47.4 Å². The van der Waals surface area contributed by atoms with Crippen LogP contribution in [-0.4, -0.2) is 151 Å². The van der Waals surface area contributed by atoms with Gasteiger partial charge in [0.2, 0.25) is 0 Å². The van der Waals surface area contributed by atoms with Gasteiger partial charge in [-0.05, 0) is 69.6 Å². The molecule has 2 bridgehead atoms. The first-order valence-electron chi connectivity index (χ1n) is 23.5. The van der Waals surface area contributed by atoms with Gasteiger partial charge in [0.25, 0.3) is 0 Å². The molecule has 6 aliphatic heterocycles. The molecule has 8 rings (SSSR count). The fraction of sp³-hybridized carbons (Fsp3) is 0.812. The number of fused-ring (bicyclic) bond motifs is 2. The van der Waals surface area contributed by atoms with Crippen molar-refractivity contribution in [2.24, 2.45) is 17.8 Å². The summed E-state index contributed by atoms with van der Waals surface area (Å²) in [5, 5.41) is 34.3. The number of carbonyl (C=O) groups is 1. The SMILES string of the molecule is CO[C@H]1C[C@H](O[C@H]2[C@H](C)O[C@@H](O[C@@H]3/C(C)=C/C[C@@H]4C[C@@H](C[C@]5(CSC[C@@H](C6CCCCC6)O5)O4)OC(=O)[C@@H]4C=C(C)[C@@H](O)[C@H]5OC/C(=C\C=C\[C@@H]3C)[C@]54O)C[C@@H]2OC)O[C@@H](C)[C@@H]1O. The molecule has 14 nitrogen and oxygen atoms in total. The van der Waals surface area contributed by atoms with E-state index in [1.807, 2.05) is 30.8 Å². The number of hydrogen-bond acceptors (Lipinski definition) is 15. The predicted octanol–water partition coefficient (Wildman–Crippen LogP) is 5.45. The van der Waals surface area contributed by atoms with Crippen LogP contribution in [0.25, 0.3) is 0 Å². The lowest BCUT2D eigenvalue weighted by Crippen LogP contribution is -2.58. The smallest absolute Gasteiger partial charge is 0.316 e. The molecule has 0 aromatic heterocycles. The standard InChI is InChI=1S/C48H72O14S/c1-26-12-11-15-32-23-55-45-41(49)28(3)18-35(48(32,45)52)46(51)58-34-19-33(61-47(22-34)25-63-24-38(62-47)31-13-9-8-10-14-31)17-16-27(2)43(26)59-40-21-37(54-7)44(30(5)57-40)60-39-20-36(53-6)42(50)29(4)56-39/h11-12,15-16,18,26,29-31,33-45,49-50,52H,8-10,13-14,17,19-25H2,1-7H3/b12-11+,27-16+,32-15+/t26-,29-,30-,33+,34-,35-,36-,37-,38-,39-,40-,41+,42-,43-,44-,45+,47-,48+/m0/s1. The molecule has 63 heavy (non-hydrogen) atoms. The third-order valence-electron chi connectivity index (χ3n) is 15.0. The number of aliphatic hydroxyl groups excluding tert-OH is 2. The molecule has 6 fully saturated rings. The molecular weight excluding hydrogens is 833 g/mol. The summed E-state index contributed by atoms with van der Waals surface area (Å²) < 4.78 is 64.1. The summed E-state index contributed by atoms with van der Waals surface area (Å²) in [7, 11) is 3.23. The van der Waals surface area contributed by atoms with Gasteiger partial charge in [0.05, 0.1) is 49.3 Å². The Kier molecular flexibility index (Phi) is 15.4. The Morgan fingerprint density at radius 2 is 1.60 bits per heavy atom. The van der Waals surface area contributed by atoms with E-state index in [9.17, 15) is 20.1 Å². The van der Waals surface area contributed by atoms with Gasteiger partial charge in [0.1, 0.15) is 42.0 Å². The minimum atomic E-state index is -1.82. The number of rotatable bonds is 7. The second-order valence-corrected chi connectivity index (χ2v) is 20.5. The van der Waals surface area contributed by atoms with Gasteiger partial charge in [-0.1, -0.05) is 56.6 Å². The first-order valence-corrected chi connectivity index (χ1v) is 24.6. The molecular formula is C48H72O14S. The molecule has 0 aromatic carbocycles. The highest BCUT2D eigenvalue weighted by molar-refractivity contribution is 7.99. The Bertz CT molecular complexity index is 1710. The Labute approximate surface area is 377 Å². The van der Waals surface area contributed by atoms with Crippen molar-refractivity contribution < 1.29 is 67.5 Å². The summed E-state index contributed by atoms with van der Waals surface area (Å²) in [5.41, 5.74) is 0.212. The fourth-order valence-corrected chi connectivity index (χ4v) is 12.6. The van der Waals surface area contributed by atoms with E-state index in [1.54, 1.807) is 40.2 Å². The third kappa shape index (κ3) is 10.1. The molecule has 1 spiro atoms. The zero-order valence-electron chi connectivity index (χ0n) is 38.1. The zero-order valence-corrected chi connectivity index (χ0v) is 39.0. The van der Waals surface area contributed by atoms with Crippen LogP contribution in [0.15, 0.2) is 47.1 Å². The quantitative estimate of drug-likeness (QED) is 0.218. The molecule has 354 valence electrons. The molecule has 5 saturated heterocycles. The molecule has 0 aromatic rings. The first-order chi connectivity index (χ1) is 30.2. The molecule has 15 heteroatoms. The van der Waals surface area contributed by atoms with Crippen molar-refractivity contribution in [3.8, 4) is 0 Å². The molecule has 8 aliphatic rings. The van der Waals surface area contributed by atoms with Crippen LogP contribution in [0.1, 0.15) is 98.8 Å². The summed E-state index contributed by atoms with van der Waals surface area (Å²) in [5.74, 6) is -0.733. The van der Waals surface area contributed by atoms with Gasteiger partial charge in [-0.25, -0.2) is 0 Å². The second kappa shape index (κ2) is 20.3. The number of aliphatic hydroxyl groups is 3. The maximum Gasteiger partial charge on any atom is 0.316 e. The van der Waals surface area contributed by atoms with E-state index in [-0.39, 0.29) is 30.8 Å². The van der Waals surface area contributed by atoms with Crippen LogP contribution < -0.4 is 0 Å². The number of esters is 1. The van der Waals surface area contributed by atoms with Crippen molar-refractivity contribution in [3.05, 3.63) is 47.1 Å². The predicted molar refractivity (Wildman–Crippen MR) is 233 cm³/mol. The lowest BCUT2D eigenvalue weighted by Gasteiger charge is -2.49. The fourth-order valence-electron chi connectivity index (χ4n) is 11.4. The van der Waals surface area contributed by atoms with Gasteiger partial charge in [0.15, 0.2) is 18.4 Å². The molecule has 2 aliphatic carbocycles. The zero-order chi connectivity index (χ0) is 44.6. The van der Waals surface area contributed by atoms with Gasteiger partial charge < -0.3 is 62.7 Å². The van der Waals surface area contributed by atoms with Gasteiger partial charge in [0, 0.05) is 57.3 Å². The molecule has 0 amide bonds. The van der Waals surface area contributed by atoms with E-state index in [0.717, 1.165) is 24.2 Å². The topological polar surface area (TPSA) is 170 Å². The van der Waals surface area contributed by atoms with Crippen LogP contribution in [0, 0.1) is 17.8 Å². The van der Waals surface area contributed by atoms with Crippen LogP contribution in [0.5, 0.6) is 0 Å². The van der Waals surface area contributed by atoms with Gasteiger partial charge in [-0.15, -0.1) is 0 Å². The average molecular weight is 905 g/mol. The van der Waals surface area contributed by atoms with Gasteiger partial charge in [-0.2, -0.15) is 11.8 Å². The normalized spacial score (nSPS) is 48.9. The number of methoxy groups -OCH3 is 2. The third-order valence-corrected chi connectivity index (χ3v) is 16.2. The monoisotopic (exact) mass is 904 g/mol. The van der Waals surface area contributed by atoms with Crippen LogP contribution in [0.2, 0.25) is 0 Å². The largest absolute Gasteiger partial charge is 0.462 e. The van der Waals surface area contributed by atoms with Crippen LogP contribution in [0.3, 0.4) is 0 Å². The highest BCUT2D eigenvalue weighted by atomic mass is 32.2. The number of carbonyl (C=O) groups excluding carboxylic acids is 1. The summed E-state index contributed by atoms with van der Waals surface area (Å²) in [6.07, 6.45) is 10.1. The Balaban J connectivity index is 1.07. The van der Waals surface area contributed by atoms with E-state index in [0.29, 0.717) is 54.9 Å².